The van der Waals surface area contributed by atoms with Crippen LogP contribution in [0.4, 0.5) is 0 Å². The lowest BCUT2D eigenvalue weighted by Gasteiger charge is -2.40. The third-order valence-corrected chi connectivity index (χ3v) is 20.7. The first-order valence-corrected chi connectivity index (χ1v) is 42.7. The van der Waals surface area contributed by atoms with Crippen LogP contribution in [0.1, 0.15) is 450 Å². The maximum absolute atomic E-state index is 13.2. The fourth-order valence-electron chi connectivity index (χ4n) is 14.1. The van der Waals surface area contributed by atoms with Crippen molar-refractivity contribution < 1.29 is 39.8 Å². The molecule has 562 valence electrons. The van der Waals surface area contributed by atoms with Gasteiger partial charge in [-0.2, -0.15) is 0 Å². The molecule has 6 N–H and O–H groups in total. The topological polar surface area (TPSA) is 149 Å². The molecule has 7 atom stereocenters. The Hall–Kier alpha value is -1.59. The largest absolute Gasteiger partial charge is 0.394 e. The number of ether oxygens (including phenoxy) is 2. The zero-order chi connectivity index (χ0) is 68.5. The highest BCUT2D eigenvalue weighted by molar-refractivity contribution is 5.76. The van der Waals surface area contributed by atoms with E-state index >= 15 is 0 Å². The summed E-state index contributed by atoms with van der Waals surface area (Å²) in [4.78, 5) is 13.2. The monoisotopic (exact) mass is 1340 g/mol. The van der Waals surface area contributed by atoms with E-state index < -0.39 is 49.5 Å². The van der Waals surface area contributed by atoms with Gasteiger partial charge in [-0.1, -0.05) is 436 Å². The molecule has 1 fully saturated rings. The van der Waals surface area contributed by atoms with Crippen LogP contribution in [0.2, 0.25) is 0 Å². The summed E-state index contributed by atoms with van der Waals surface area (Å²) < 4.78 is 11.3. The minimum atomic E-state index is -1.58. The zero-order valence-corrected chi connectivity index (χ0v) is 63.5. The van der Waals surface area contributed by atoms with Crippen LogP contribution in [0.25, 0.3) is 0 Å². The smallest absolute Gasteiger partial charge is 0.220 e. The summed E-state index contributed by atoms with van der Waals surface area (Å²) in [5.41, 5.74) is 0. The van der Waals surface area contributed by atoms with Crippen molar-refractivity contribution in [2.24, 2.45) is 0 Å². The highest BCUT2D eigenvalue weighted by Gasteiger charge is 2.44. The van der Waals surface area contributed by atoms with Gasteiger partial charge in [-0.3, -0.25) is 4.79 Å². The second kappa shape index (κ2) is 75.1. The molecule has 1 heterocycles. The molecule has 0 aromatic carbocycles. The summed E-state index contributed by atoms with van der Waals surface area (Å²) in [6, 6.07) is -0.829. The first-order chi connectivity index (χ1) is 46.8. The molecule has 0 radical (unpaired) electrons. The van der Waals surface area contributed by atoms with Gasteiger partial charge < -0.3 is 40.3 Å². The van der Waals surface area contributed by atoms with Gasteiger partial charge in [0.2, 0.25) is 5.91 Å². The van der Waals surface area contributed by atoms with E-state index in [0.29, 0.717) is 6.42 Å². The van der Waals surface area contributed by atoms with E-state index in [1.54, 1.807) is 6.08 Å². The van der Waals surface area contributed by atoms with Crippen LogP contribution in [-0.4, -0.2) is 87.5 Å². The number of unbranched alkanes of at least 4 members (excludes halogenated alkanes) is 63. The summed E-state index contributed by atoms with van der Waals surface area (Å²) in [5.74, 6) is -0.181. The van der Waals surface area contributed by atoms with Crippen molar-refractivity contribution in [3.8, 4) is 0 Å². The molecule has 0 aliphatic carbocycles. The van der Waals surface area contributed by atoms with Gasteiger partial charge in [-0.25, -0.2) is 0 Å². The van der Waals surface area contributed by atoms with Crippen LogP contribution in [-0.2, 0) is 14.3 Å². The van der Waals surface area contributed by atoms with Gasteiger partial charge in [-0.15, -0.1) is 0 Å². The maximum atomic E-state index is 13.2. The van der Waals surface area contributed by atoms with Gasteiger partial charge in [-0.05, 0) is 44.9 Å². The second-order valence-electron chi connectivity index (χ2n) is 30.0. The molecule has 0 bridgehead atoms. The van der Waals surface area contributed by atoms with E-state index in [1.807, 2.05) is 6.08 Å². The van der Waals surface area contributed by atoms with Crippen molar-refractivity contribution in [1.29, 1.82) is 0 Å². The zero-order valence-electron chi connectivity index (χ0n) is 63.5. The number of aliphatic hydroxyl groups is 5. The summed E-state index contributed by atoms with van der Waals surface area (Å²) in [6.07, 6.45) is 96.2. The maximum Gasteiger partial charge on any atom is 0.220 e. The average molecular weight is 1340 g/mol. The molecular weight excluding hydrogens is 1170 g/mol. The molecule has 0 saturated carbocycles. The lowest BCUT2D eigenvalue weighted by Crippen LogP contribution is -2.60. The number of amides is 1. The number of aliphatic hydroxyl groups excluding tert-OH is 5. The summed E-state index contributed by atoms with van der Waals surface area (Å²) >= 11 is 0. The van der Waals surface area contributed by atoms with Crippen molar-refractivity contribution >= 4 is 5.91 Å². The van der Waals surface area contributed by atoms with Crippen molar-refractivity contribution in [3.05, 3.63) is 36.5 Å². The van der Waals surface area contributed by atoms with E-state index in [2.05, 4.69) is 43.5 Å². The molecule has 0 spiro atoms. The number of rotatable bonds is 77. The Morgan fingerprint density at radius 1 is 0.347 bits per heavy atom. The molecule has 1 rings (SSSR count). The fraction of sp³-hybridized carbons (Fsp3) is 0.919. The van der Waals surface area contributed by atoms with Crippen LogP contribution in [0.3, 0.4) is 0 Å². The van der Waals surface area contributed by atoms with Crippen molar-refractivity contribution in [2.45, 2.75) is 493 Å². The van der Waals surface area contributed by atoms with Crippen LogP contribution in [0.5, 0.6) is 0 Å². The lowest BCUT2D eigenvalue weighted by molar-refractivity contribution is -0.302. The number of carbonyl (C=O) groups excluding carboxylic acids is 1. The van der Waals surface area contributed by atoms with Gasteiger partial charge in [0.15, 0.2) is 6.29 Å². The van der Waals surface area contributed by atoms with Gasteiger partial charge in [0.25, 0.3) is 0 Å². The molecule has 0 aromatic rings. The molecular formula is C86H165NO8. The third kappa shape index (κ3) is 63.1. The Balaban J connectivity index is 2.05. The molecule has 9 nitrogen and oxygen atoms in total. The Morgan fingerprint density at radius 2 is 0.600 bits per heavy atom. The van der Waals surface area contributed by atoms with Gasteiger partial charge >= 0.3 is 0 Å². The van der Waals surface area contributed by atoms with Crippen LogP contribution in [0.15, 0.2) is 36.5 Å². The van der Waals surface area contributed by atoms with E-state index in [4.69, 9.17) is 9.47 Å². The van der Waals surface area contributed by atoms with Crippen LogP contribution >= 0.6 is 0 Å². The highest BCUT2D eigenvalue weighted by Crippen LogP contribution is 2.24. The molecule has 0 aromatic heterocycles. The van der Waals surface area contributed by atoms with E-state index in [0.717, 1.165) is 44.9 Å². The Morgan fingerprint density at radius 3 is 0.884 bits per heavy atom. The predicted molar refractivity (Wildman–Crippen MR) is 410 cm³/mol. The molecule has 1 saturated heterocycles. The van der Waals surface area contributed by atoms with Crippen molar-refractivity contribution in [2.75, 3.05) is 13.2 Å². The third-order valence-electron chi connectivity index (χ3n) is 20.7. The Kier molecular flexibility index (Phi) is 72.3. The standard InChI is InChI=1S/C86H165NO8/c1-3-5-7-9-11-13-15-17-19-21-23-25-27-29-31-33-35-37-38-39-40-41-42-44-46-48-50-52-54-56-58-60-62-64-66-68-70-72-74-76-82(90)87-79(78-94-86-85(93)84(92)83(91)81(77-88)95-86)80(89)75-73-71-69-67-65-63-61-59-57-55-53-51-49-47-45-43-36-34-32-30-28-26-24-22-20-18-16-14-12-10-8-6-4-2/h57,59,65,67,73,75,79-81,83-86,88-89,91-93H,3-56,58,60-64,66,68-72,74,76-78H2,1-2H3,(H,87,90)/b59-57+,67-65+,75-73+. The Labute approximate surface area is 591 Å². The molecule has 9 heteroatoms. The lowest BCUT2D eigenvalue weighted by atomic mass is 9.99. The van der Waals surface area contributed by atoms with E-state index in [-0.39, 0.29) is 12.5 Å². The molecule has 95 heavy (non-hydrogen) atoms. The van der Waals surface area contributed by atoms with Crippen LogP contribution < -0.4 is 5.32 Å². The number of hydrogen-bond acceptors (Lipinski definition) is 8. The molecule has 1 aliphatic heterocycles. The van der Waals surface area contributed by atoms with Crippen molar-refractivity contribution in [1.82, 2.24) is 5.32 Å². The first-order valence-electron chi connectivity index (χ1n) is 42.7. The number of hydrogen-bond donors (Lipinski definition) is 6. The number of allylic oxidation sites excluding steroid dienone is 5. The number of carbonyl (C=O) groups is 1. The second-order valence-corrected chi connectivity index (χ2v) is 30.0. The minimum absolute atomic E-state index is 0.181. The van der Waals surface area contributed by atoms with E-state index in [9.17, 15) is 30.3 Å². The average Bonchev–Trinajstić information content (AvgIpc) is 0.836. The fourth-order valence-corrected chi connectivity index (χ4v) is 14.1. The quantitative estimate of drug-likeness (QED) is 0.0261. The van der Waals surface area contributed by atoms with Gasteiger partial charge in [0.1, 0.15) is 24.4 Å². The molecule has 1 amide bonds. The summed E-state index contributed by atoms with van der Waals surface area (Å²) in [5, 5.41) is 54.9. The molecule has 1 aliphatic rings. The first kappa shape index (κ1) is 91.4. The van der Waals surface area contributed by atoms with Gasteiger partial charge in [0.05, 0.1) is 25.4 Å². The van der Waals surface area contributed by atoms with Crippen LogP contribution in [0, 0.1) is 0 Å². The van der Waals surface area contributed by atoms with Gasteiger partial charge in [0, 0.05) is 6.42 Å². The number of nitrogens with one attached hydrogen (secondary N) is 1. The van der Waals surface area contributed by atoms with E-state index in [1.165, 1.54) is 385 Å². The summed E-state index contributed by atoms with van der Waals surface area (Å²) in [6.45, 7) is 3.83. The Bertz CT molecular complexity index is 1600. The SMILES string of the molecule is CCCCCCCCCCCCCCCCCCCCCCCCC/C=C/CC/C=C/CC/C=C/C(O)C(COC1OC(CO)C(O)C(O)C1O)NC(=O)CCCCCCCCCCCCCCCCCCCCCCCCCCCCCCCCCCCCCCCCC. The summed E-state index contributed by atoms with van der Waals surface area (Å²) in [7, 11) is 0. The minimum Gasteiger partial charge on any atom is -0.394 e. The normalized spacial score (nSPS) is 17.6. The molecule has 7 unspecified atom stereocenters. The highest BCUT2D eigenvalue weighted by atomic mass is 16.7. The van der Waals surface area contributed by atoms with Crippen molar-refractivity contribution in [3.63, 3.8) is 0 Å². The predicted octanol–water partition coefficient (Wildman–Crippen LogP) is 24.9.